The van der Waals surface area contributed by atoms with Gasteiger partial charge in [-0.2, -0.15) is 0 Å². The van der Waals surface area contributed by atoms with E-state index in [9.17, 15) is 0 Å². The van der Waals surface area contributed by atoms with Gasteiger partial charge in [0.2, 0.25) is 0 Å². The van der Waals surface area contributed by atoms with E-state index in [1.807, 2.05) is 0 Å². The summed E-state index contributed by atoms with van der Waals surface area (Å²) in [5.74, 6) is 0.976. The van der Waals surface area contributed by atoms with Crippen LogP contribution in [0.3, 0.4) is 0 Å². The third-order valence-electron chi connectivity index (χ3n) is 5.82. The molecule has 0 amide bonds. The predicted octanol–water partition coefficient (Wildman–Crippen LogP) is 6.22. The average molecular weight is 294 g/mol. The Balaban J connectivity index is 1.82. The summed E-state index contributed by atoms with van der Waals surface area (Å²) in [5.41, 5.74) is 0. The minimum atomic E-state index is 0.836. The Morgan fingerprint density at radius 2 is 0.857 bits per heavy atom. The molecule has 1 heterocycles. The fraction of sp³-hybridized carbons (Fsp3) is 1.00. The quantitative estimate of drug-likeness (QED) is 0.605. The molecule has 0 radical (unpaired) electrons. The van der Waals surface area contributed by atoms with Crippen LogP contribution in [0.15, 0.2) is 0 Å². The highest BCUT2D eigenvalue weighted by Gasteiger charge is 2.20. The second-order valence-electron chi connectivity index (χ2n) is 7.64. The Morgan fingerprint density at radius 1 is 0.429 bits per heavy atom. The predicted molar refractivity (Wildman–Crippen MR) is 93.8 cm³/mol. The van der Waals surface area contributed by atoms with Crippen molar-refractivity contribution in [2.24, 2.45) is 5.92 Å². The molecule has 0 aromatic rings. The molecule has 1 nitrogen and oxygen atoms in total. The van der Waals surface area contributed by atoms with Crippen LogP contribution in [0.1, 0.15) is 109 Å². The highest BCUT2D eigenvalue weighted by atomic mass is 14.9. The fourth-order valence-electron chi connectivity index (χ4n) is 4.41. The van der Waals surface area contributed by atoms with E-state index in [-0.39, 0.29) is 0 Å². The number of rotatable bonds is 1. The van der Waals surface area contributed by atoms with Gasteiger partial charge < -0.3 is 5.32 Å². The molecule has 1 atom stereocenters. The lowest BCUT2D eigenvalue weighted by molar-refractivity contribution is 0.274. The molecule has 2 aliphatic rings. The molecule has 124 valence electrons. The number of nitrogens with one attached hydrogen (secondary N) is 1. The summed E-state index contributed by atoms with van der Waals surface area (Å²) in [4.78, 5) is 0. The SMILES string of the molecule is C1CCCCC(C2CCCCCCCCCN2)CCCC1. The minimum absolute atomic E-state index is 0.836. The van der Waals surface area contributed by atoms with E-state index in [2.05, 4.69) is 5.32 Å². The second kappa shape index (κ2) is 11.5. The molecule has 2 fully saturated rings. The fourth-order valence-corrected chi connectivity index (χ4v) is 4.41. The third kappa shape index (κ3) is 7.68. The van der Waals surface area contributed by atoms with Crippen molar-refractivity contribution in [3.05, 3.63) is 0 Å². The zero-order valence-corrected chi connectivity index (χ0v) is 14.4. The molecule has 1 heteroatoms. The van der Waals surface area contributed by atoms with Gasteiger partial charge in [0.1, 0.15) is 0 Å². The van der Waals surface area contributed by atoms with Gasteiger partial charge in [-0.15, -0.1) is 0 Å². The molecule has 0 aromatic carbocycles. The summed E-state index contributed by atoms with van der Waals surface area (Å²) < 4.78 is 0. The normalized spacial score (nSPS) is 29.4. The molecule has 0 bridgehead atoms. The Labute approximate surface area is 133 Å². The summed E-state index contributed by atoms with van der Waals surface area (Å²) >= 11 is 0. The van der Waals surface area contributed by atoms with Crippen molar-refractivity contribution < 1.29 is 0 Å². The van der Waals surface area contributed by atoms with Crippen molar-refractivity contribution in [1.82, 2.24) is 5.32 Å². The lowest BCUT2D eigenvalue weighted by Crippen LogP contribution is -2.37. The zero-order valence-electron chi connectivity index (χ0n) is 14.4. The molecular formula is C20H39N. The van der Waals surface area contributed by atoms with Gasteiger partial charge in [-0.1, -0.05) is 83.5 Å². The van der Waals surface area contributed by atoms with Crippen LogP contribution >= 0.6 is 0 Å². The number of hydrogen-bond acceptors (Lipinski definition) is 1. The van der Waals surface area contributed by atoms with Crippen LogP contribution in [0.5, 0.6) is 0 Å². The van der Waals surface area contributed by atoms with Gasteiger partial charge in [-0.05, 0) is 38.1 Å². The topological polar surface area (TPSA) is 12.0 Å². The molecule has 1 N–H and O–H groups in total. The van der Waals surface area contributed by atoms with E-state index < -0.39 is 0 Å². The smallest absolute Gasteiger partial charge is 0.00953 e. The first-order chi connectivity index (χ1) is 10.5. The molecule has 1 aliphatic carbocycles. The summed E-state index contributed by atoms with van der Waals surface area (Å²) in [5, 5.41) is 3.97. The van der Waals surface area contributed by atoms with E-state index in [1.54, 1.807) is 0 Å². The van der Waals surface area contributed by atoms with Gasteiger partial charge in [0.25, 0.3) is 0 Å². The third-order valence-corrected chi connectivity index (χ3v) is 5.82. The van der Waals surface area contributed by atoms with Gasteiger partial charge in [-0.25, -0.2) is 0 Å². The average Bonchev–Trinajstić information content (AvgIpc) is 2.58. The van der Waals surface area contributed by atoms with Crippen LogP contribution in [-0.4, -0.2) is 12.6 Å². The summed E-state index contributed by atoms with van der Waals surface area (Å²) in [6.07, 6.45) is 25.1. The first-order valence-electron chi connectivity index (χ1n) is 10.2. The molecule has 2 rings (SSSR count). The lowest BCUT2D eigenvalue weighted by atomic mass is 9.84. The maximum Gasteiger partial charge on any atom is 0.00953 e. The van der Waals surface area contributed by atoms with Crippen molar-refractivity contribution in [3.8, 4) is 0 Å². The minimum Gasteiger partial charge on any atom is -0.314 e. The van der Waals surface area contributed by atoms with Crippen molar-refractivity contribution in [2.75, 3.05) is 6.54 Å². The van der Waals surface area contributed by atoms with Gasteiger partial charge in [0, 0.05) is 6.04 Å². The Morgan fingerprint density at radius 3 is 1.43 bits per heavy atom. The lowest BCUT2D eigenvalue weighted by Gasteiger charge is -2.29. The Kier molecular flexibility index (Phi) is 9.50. The van der Waals surface area contributed by atoms with Crippen molar-refractivity contribution in [2.45, 2.75) is 115 Å². The van der Waals surface area contributed by atoms with E-state index in [0.717, 1.165) is 12.0 Å². The molecule has 1 aliphatic heterocycles. The van der Waals surface area contributed by atoms with Crippen LogP contribution in [0.4, 0.5) is 0 Å². The molecule has 0 spiro atoms. The molecule has 0 aromatic heterocycles. The van der Waals surface area contributed by atoms with E-state index >= 15 is 0 Å². The molecule has 1 unspecified atom stereocenters. The monoisotopic (exact) mass is 293 g/mol. The summed E-state index contributed by atoms with van der Waals surface area (Å²) in [6.45, 7) is 1.28. The largest absolute Gasteiger partial charge is 0.314 e. The van der Waals surface area contributed by atoms with Crippen LogP contribution in [0.2, 0.25) is 0 Å². The van der Waals surface area contributed by atoms with Crippen molar-refractivity contribution in [3.63, 3.8) is 0 Å². The standard InChI is InChI=1S/C20H39N/c1-3-7-11-15-19(16-12-8-4-1)20-17-13-9-5-2-6-10-14-18-21-20/h19-21H,1-18H2. The second-order valence-corrected chi connectivity index (χ2v) is 7.64. The summed E-state index contributed by atoms with van der Waals surface area (Å²) in [7, 11) is 0. The van der Waals surface area contributed by atoms with Gasteiger partial charge in [0.15, 0.2) is 0 Å². The maximum absolute atomic E-state index is 3.97. The molecule has 1 saturated carbocycles. The highest BCUT2D eigenvalue weighted by molar-refractivity contribution is 4.78. The first-order valence-corrected chi connectivity index (χ1v) is 10.2. The molecule has 21 heavy (non-hydrogen) atoms. The van der Waals surface area contributed by atoms with Gasteiger partial charge in [-0.3, -0.25) is 0 Å². The zero-order chi connectivity index (χ0) is 14.6. The Bertz CT molecular complexity index is 216. The van der Waals surface area contributed by atoms with Crippen LogP contribution in [0.25, 0.3) is 0 Å². The van der Waals surface area contributed by atoms with Gasteiger partial charge in [0.05, 0.1) is 0 Å². The van der Waals surface area contributed by atoms with Crippen LogP contribution in [0, 0.1) is 5.92 Å². The first kappa shape index (κ1) is 17.3. The van der Waals surface area contributed by atoms with Crippen molar-refractivity contribution in [1.29, 1.82) is 0 Å². The van der Waals surface area contributed by atoms with Crippen LogP contribution < -0.4 is 5.32 Å². The Hall–Kier alpha value is -0.0400. The maximum atomic E-state index is 3.97. The van der Waals surface area contributed by atoms with Crippen LogP contribution in [-0.2, 0) is 0 Å². The van der Waals surface area contributed by atoms with Crippen molar-refractivity contribution >= 4 is 0 Å². The summed E-state index contributed by atoms with van der Waals surface area (Å²) in [6, 6.07) is 0.836. The van der Waals surface area contributed by atoms with Gasteiger partial charge >= 0.3 is 0 Å². The molecular weight excluding hydrogens is 254 g/mol. The van der Waals surface area contributed by atoms with E-state index in [4.69, 9.17) is 0 Å². The highest BCUT2D eigenvalue weighted by Crippen LogP contribution is 2.27. The number of hydrogen-bond donors (Lipinski definition) is 1. The van der Waals surface area contributed by atoms with E-state index in [0.29, 0.717) is 0 Å². The van der Waals surface area contributed by atoms with E-state index in [1.165, 1.54) is 116 Å². The molecule has 1 saturated heterocycles.